The number of hydrogen-bond donors (Lipinski definition) is 2. The van der Waals surface area contributed by atoms with Gasteiger partial charge in [-0.15, -0.1) is 0 Å². The van der Waals surface area contributed by atoms with Crippen molar-refractivity contribution in [2.24, 2.45) is 0 Å². The first kappa shape index (κ1) is 22.5. The lowest BCUT2D eigenvalue weighted by molar-refractivity contribution is 0.0519. The zero-order valence-corrected chi connectivity index (χ0v) is 19.2. The SMILES string of the molecule is CCOC(=O)c1cc(C2NN(Cc3ccc(OC)cc3)c3ccnc(NC(C)C)c32)ncn1. The van der Waals surface area contributed by atoms with Crippen molar-refractivity contribution in [1.29, 1.82) is 0 Å². The molecule has 0 spiro atoms. The highest BCUT2D eigenvalue weighted by atomic mass is 16.5. The van der Waals surface area contributed by atoms with E-state index in [2.05, 4.69) is 44.6 Å². The summed E-state index contributed by atoms with van der Waals surface area (Å²) in [7, 11) is 1.65. The summed E-state index contributed by atoms with van der Waals surface area (Å²) >= 11 is 0. The number of carbonyl (C=O) groups is 1. The van der Waals surface area contributed by atoms with Gasteiger partial charge in [0.25, 0.3) is 0 Å². The average molecular weight is 449 g/mol. The van der Waals surface area contributed by atoms with E-state index < -0.39 is 5.97 Å². The standard InChI is InChI=1S/C24H28N6O3/c1-5-33-24(31)19-12-18(26-14-27-19)22-21-20(10-11-25-23(21)28-15(2)3)30(29-22)13-16-6-8-17(32-4)9-7-16/h6-12,14-15,22,29H,5,13H2,1-4H3,(H,25,28). The molecule has 33 heavy (non-hydrogen) atoms. The summed E-state index contributed by atoms with van der Waals surface area (Å²) < 4.78 is 10.4. The van der Waals surface area contributed by atoms with Gasteiger partial charge in [0.05, 0.1) is 37.7 Å². The molecule has 0 fully saturated rings. The maximum absolute atomic E-state index is 12.2. The van der Waals surface area contributed by atoms with Gasteiger partial charge in [0.1, 0.15) is 17.9 Å². The number of rotatable bonds is 8. The number of aromatic nitrogens is 3. The van der Waals surface area contributed by atoms with Crippen molar-refractivity contribution in [1.82, 2.24) is 20.4 Å². The van der Waals surface area contributed by atoms with Gasteiger partial charge < -0.3 is 19.8 Å². The van der Waals surface area contributed by atoms with E-state index >= 15 is 0 Å². The van der Waals surface area contributed by atoms with Crippen LogP contribution in [0.25, 0.3) is 0 Å². The van der Waals surface area contributed by atoms with Crippen LogP contribution < -0.4 is 20.5 Å². The number of methoxy groups -OCH3 is 1. The monoisotopic (exact) mass is 448 g/mol. The number of fused-ring (bicyclic) bond motifs is 1. The summed E-state index contributed by atoms with van der Waals surface area (Å²) in [6, 6.07) is 11.5. The Morgan fingerprint density at radius 3 is 2.67 bits per heavy atom. The van der Waals surface area contributed by atoms with Gasteiger partial charge in [-0.2, -0.15) is 0 Å². The summed E-state index contributed by atoms with van der Waals surface area (Å²) in [6.07, 6.45) is 3.18. The Balaban J connectivity index is 1.71. The first-order valence-corrected chi connectivity index (χ1v) is 10.9. The van der Waals surface area contributed by atoms with Crippen LogP contribution in [0.2, 0.25) is 0 Å². The normalized spacial score (nSPS) is 14.8. The molecule has 0 amide bonds. The number of nitrogens with one attached hydrogen (secondary N) is 2. The highest BCUT2D eigenvalue weighted by Gasteiger charge is 2.34. The summed E-state index contributed by atoms with van der Waals surface area (Å²) in [5.74, 6) is 1.11. The molecule has 0 aliphatic carbocycles. The Morgan fingerprint density at radius 1 is 1.18 bits per heavy atom. The molecule has 3 heterocycles. The number of nitrogens with zero attached hydrogens (tertiary/aromatic N) is 4. The highest BCUT2D eigenvalue weighted by Crippen LogP contribution is 2.40. The molecule has 0 saturated carbocycles. The van der Waals surface area contributed by atoms with Crippen molar-refractivity contribution in [3.8, 4) is 5.75 Å². The number of esters is 1. The van der Waals surface area contributed by atoms with E-state index in [1.807, 2.05) is 30.3 Å². The van der Waals surface area contributed by atoms with Crippen molar-refractivity contribution >= 4 is 17.5 Å². The molecule has 1 aliphatic rings. The van der Waals surface area contributed by atoms with Crippen LogP contribution in [0.3, 0.4) is 0 Å². The molecular weight excluding hydrogens is 420 g/mol. The maximum Gasteiger partial charge on any atom is 0.357 e. The van der Waals surface area contributed by atoms with Crippen LogP contribution in [0.15, 0.2) is 48.9 Å². The predicted octanol–water partition coefficient (Wildman–Crippen LogP) is 3.49. The second-order valence-electron chi connectivity index (χ2n) is 7.94. The van der Waals surface area contributed by atoms with Gasteiger partial charge in [0.15, 0.2) is 5.69 Å². The van der Waals surface area contributed by atoms with Crippen molar-refractivity contribution in [3.05, 3.63) is 71.4 Å². The molecule has 0 saturated heterocycles. The van der Waals surface area contributed by atoms with E-state index in [1.54, 1.807) is 26.3 Å². The number of anilines is 2. The van der Waals surface area contributed by atoms with Crippen molar-refractivity contribution in [2.75, 3.05) is 24.0 Å². The molecule has 1 unspecified atom stereocenters. The molecule has 1 atom stereocenters. The first-order valence-electron chi connectivity index (χ1n) is 10.9. The van der Waals surface area contributed by atoms with Gasteiger partial charge in [-0.05, 0) is 50.6 Å². The van der Waals surface area contributed by atoms with E-state index in [1.165, 1.54) is 6.33 Å². The van der Waals surface area contributed by atoms with Gasteiger partial charge in [0.2, 0.25) is 0 Å². The lowest BCUT2D eigenvalue weighted by atomic mass is 10.0. The van der Waals surface area contributed by atoms with E-state index in [9.17, 15) is 4.79 Å². The van der Waals surface area contributed by atoms with Gasteiger partial charge >= 0.3 is 5.97 Å². The minimum absolute atomic E-state index is 0.195. The molecular formula is C24H28N6O3. The minimum atomic E-state index is -0.471. The molecule has 2 N–H and O–H groups in total. The van der Waals surface area contributed by atoms with Crippen LogP contribution in [0, 0.1) is 0 Å². The fourth-order valence-corrected chi connectivity index (χ4v) is 3.77. The highest BCUT2D eigenvalue weighted by molar-refractivity contribution is 5.87. The third-order valence-corrected chi connectivity index (χ3v) is 5.23. The first-order chi connectivity index (χ1) is 16.0. The van der Waals surface area contributed by atoms with Crippen molar-refractivity contribution in [3.63, 3.8) is 0 Å². The molecule has 0 radical (unpaired) electrons. The number of hydrogen-bond acceptors (Lipinski definition) is 9. The maximum atomic E-state index is 12.2. The quantitative estimate of drug-likeness (QED) is 0.501. The van der Waals surface area contributed by atoms with E-state index in [0.717, 1.165) is 28.4 Å². The Kier molecular flexibility index (Phi) is 6.69. The lowest BCUT2D eigenvalue weighted by Gasteiger charge is -2.21. The fraction of sp³-hybridized carbons (Fsp3) is 0.333. The molecule has 3 aromatic rings. The number of hydrazine groups is 1. The summed E-state index contributed by atoms with van der Waals surface area (Å²) in [5.41, 5.74) is 7.49. The van der Waals surface area contributed by atoms with Gasteiger partial charge in [0, 0.05) is 17.8 Å². The van der Waals surface area contributed by atoms with Crippen LogP contribution in [-0.4, -0.2) is 40.7 Å². The molecule has 4 rings (SSSR count). The van der Waals surface area contributed by atoms with E-state index in [-0.39, 0.29) is 24.4 Å². The minimum Gasteiger partial charge on any atom is -0.497 e. The number of carbonyl (C=O) groups excluding carboxylic acids is 1. The molecule has 1 aromatic carbocycles. The third kappa shape index (κ3) is 4.88. The van der Waals surface area contributed by atoms with E-state index in [4.69, 9.17) is 9.47 Å². The van der Waals surface area contributed by atoms with Crippen LogP contribution in [0.4, 0.5) is 11.5 Å². The number of pyridine rings is 1. The smallest absolute Gasteiger partial charge is 0.357 e. The average Bonchev–Trinajstić information content (AvgIpc) is 3.19. The Bertz CT molecular complexity index is 1120. The van der Waals surface area contributed by atoms with Crippen molar-refractivity contribution in [2.45, 2.75) is 39.4 Å². The zero-order valence-electron chi connectivity index (χ0n) is 19.2. The molecule has 172 valence electrons. The van der Waals surface area contributed by atoms with E-state index in [0.29, 0.717) is 12.2 Å². The third-order valence-electron chi connectivity index (χ3n) is 5.23. The predicted molar refractivity (Wildman–Crippen MR) is 125 cm³/mol. The molecule has 9 heteroatoms. The van der Waals surface area contributed by atoms with Crippen molar-refractivity contribution < 1.29 is 14.3 Å². The summed E-state index contributed by atoms with van der Waals surface area (Å²) in [6.45, 7) is 6.80. The Hall–Kier alpha value is -3.72. The second-order valence-corrected chi connectivity index (χ2v) is 7.94. The van der Waals surface area contributed by atoms with Crippen LogP contribution in [-0.2, 0) is 11.3 Å². The van der Waals surface area contributed by atoms with Crippen LogP contribution in [0.5, 0.6) is 5.75 Å². The lowest BCUT2D eigenvalue weighted by Crippen LogP contribution is -2.34. The number of ether oxygens (including phenoxy) is 2. The molecule has 0 bridgehead atoms. The zero-order chi connectivity index (χ0) is 23.4. The molecule has 2 aromatic heterocycles. The largest absolute Gasteiger partial charge is 0.497 e. The second kappa shape index (κ2) is 9.83. The summed E-state index contributed by atoms with van der Waals surface area (Å²) in [5, 5.41) is 5.50. The van der Waals surface area contributed by atoms with Gasteiger partial charge in [-0.1, -0.05) is 12.1 Å². The van der Waals surface area contributed by atoms with Crippen LogP contribution in [0.1, 0.15) is 54.1 Å². The Labute approximate surface area is 193 Å². The molecule has 9 nitrogen and oxygen atoms in total. The topological polar surface area (TPSA) is 102 Å². The Morgan fingerprint density at radius 2 is 1.97 bits per heavy atom. The molecule has 1 aliphatic heterocycles. The summed E-state index contributed by atoms with van der Waals surface area (Å²) in [4.78, 5) is 25.4. The van der Waals surface area contributed by atoms with Gasteiger partial charge in [-0.25, -0.2) is 25.2 Å². The van der Waals surface area contributed by atoms with Gasteiger partial charge in [-0.3, -0.25) is 0 Å². The van der Waals surface area contributed by atoms with Crippen LogP contribution >= 0.6 is 0 Å². The fourth-order valence-electron chi connectivity index (χ4n) is 3.77. The number of benzene rings is 1.